The van der Waals surface area contributed by atoms with Crippen LogP contribution in [-0.4, -0.2) is 22.7 Å². The second-order valence-electron chi connectivity index (χ2n) is 3.57. The first-order chi connectivity index (χ1) is 8.56. The smallest absolute Gasteiger partial charge is 0.285 e. The van der Waals surface area contributed by atoms with Crippen LogP contribution in [0.2, 0.25) is 0 Å². The highest BCUT2D eigenvalue weighted by Gasteiger charge is 2.20. The largest absolute Gasteiger partial charge is 0.352 e. The lowest BCUT2D eigenvalue weighted by Crippen LogP contribution is -2.25. The van der Waals surface area contributed by atoms with E-state index in [0.717, 1.165) is 36.4 Å². The van der Waals surface area contributed by atoms with Gasteiger partial charge in [0, 0.05) is 11.9 Å². The van der Waals surface area contributed by atoms with Crippen LogP contribution in [0.25, 0.3) is 0 Å². The van der Waals surface area contributed by atoms with Gasteiger partial charge in [-0.2, -0.15) is 0 Å². The molecule has 0 spiro atoms. The number of nitrogens with one attached hydrogen (secondary N) is 1. The third-order valence-electron chi connectivity index (χ3n) is 2.25. The summed E-state index contributed by atoms with van der Waals surface area (Å²) in [5, 5.41) is 14.1. The van der Waals surface area contributed by atoms with Crippen molar-refractivity contribution >= 4 is 27.5 Å². The maximum absolute atomic E-state index is 12.9. The second-order valence-corrected chi connectivity index (χ2v) is 4.36. The number of carbonyl (C=O) groups excluding carboxylic acids is 1. The Morgan fingerprint density at radius 1 is 1.44 bits per heavy atom. The molecule has 0 aliphatic heterocycles. The molecule has 1 aromatic rings. The number of nitrogens with zero attached hydrogens (tertiary/aromatic N) is 1. The maximum Gasteiger partial charge on any atom is 0.285 e. The summed E-state index contributed by atoms with van der Waals surface area (Å²) in [5.41, 5.74) is -0.645. The summed E-state index contributed by atoms with van der Waals surface area (Å²) >= 11 is 3.26. The summed E-state index contributed by atoms with van der Waals surface area (Å²) in [7, 11) is 0. The molecule has 7 heteroatoms. The number of nitro groups is 1. The van der Waals surface area contributed by atoms with Gasteiger partial charge in [0.2, 0.25) is 0 Å². The highest BCUT2D eigenvalue weighted by molar-refractivity contribution is 9.09. The third kappa shape index (κ3) is 4.06. The van der Waals surface area contributed by atoms with E-state index >= 15 is 0 Å². The van der Waals surface area contributed by atoms with E-state index in [9.17, 15) is 19.3 Å². The monoisotopic (exact) mass is 318 g/mol. The summed E-state index contributed by atoms with van der Waals surface area (Å²) in [5.74, 6) is -1.30. The van der Waals surface area contributed by atoms with Crippen molar-refractivity contribution in [2.45, 2.75) is 12.8 Å². The van der Waals surface area contributed by atoms with E-state index in [0.29, 0.717) is 6.54 Å². The van der Waals surface area contributed by atoms with Crippen LogP contribution in [0.15, 0.2) is 18.2 Å². The fourth-order valence-electron chi connectivity index (χ4n) is 1.36. The predicted molar refractivity (Wildman–Crippen MR) is 68.4 cm³/mol. The highest BCUT2D eigenvalue weighted by atomic mass is 79.9. The van der Waals surface area contributed by atoms with Crippen molar-refractivity contribution in [2.24, 2.45) is 0 Å². The van der Waals surface area contributed by atoms with E-state index < -0.39 is 22.3 Å². The molecule has 0 saturated heterocycles. The van der Waals surface area contributed by atoms with E-state index in [4.69, 9.17) is 0 Å². The Morgan fingerprint density at radius 2 is 2.17 bits per heavy atom. The van der Waals surface area contributed by atoms with Gasteiger partial charge in [0.05, 0.1) is 11.0 Å². The molecule has 0 saturated carbocycles. The zero-order chi connectivity index (χ0) is 13.5. The Bertz CT molecular complexity index is 454. The summed E-state index contributed by atoms with van der Waals surface area (Å²) < 4.78 is 12.9. The van der Waals surface area contributed by atoms with Gasteiger partial charge < -0.3 is 5.32 Å². The molecule has 1 N–H and O–H groups in total. The molecule has 98 valence electrons. The summed E-state index contributed by atoms with van der Waals surface area (Å²) in [6, 6.07) is 2.89. The Morgan fingerprint density at radius 3 is 2.78 bits per heavy atom. The number of halogens is 2. The van der Waals surface area contributed by atoms with Crippen molar-refractivity contribution < 1.29 is 14.1 Å². The number of unbranched alkanes of at least 4 members (excludes halogenated alkanes) is 1. The molecule has 0 bridgehead atoms. The van der Waals surface area contributed by atoms with Gasteiger partial charge in [-0.3, -0.25) is 14.9 Å². The average Bonchev–Trinajstić information content (AvgIpc) is 2.34. The number of amides is 1. The van der Waals surface area contributed by atoms with E-state index in [2.05, 4.69) is 21.2 Å². The molecular formula is C11H12BrFN2O3. The number of rotatable bonds is 6. The molecule has 0 aliphatic rings. The fraction of sp³-hybridized carbons (Fsp3) is 0.364. The molecule has 18 heavy (non-hydrogen) atoms. The average molecular weight is 319 g/mol. The van der Waals surface area contributed by atoms with Crippen LogP contribution >= 0.6 is 15.9 Å². The zero-order valence-electron chi connectivity index (χ0n) is 9.49. The van der Waals surface area contributed by atoms with Gasteiger partial charge >= 0.3 is 0 Å². The lowest BCUT2D eigenvalue weighted by atomic mass is 10.1. The minimum Gasteiger partial charge on any atom is -0.352 e. The number of nitro benzene ring substituents is 1. The molecule has 0 aromatic heterocycles. The van der Waals surface area contributed by atoms with Crippen LogP contribution in [0.1, 0.15) is 23.2 Å². The molecule has 5 nitrogen and oxygen atoms in total. The first-order valence-electron chi connectivity index (χ1n) is 5.34. The predicted octanol–water partition coefficient (Wildman–Crippen LogP) is 2.64. The van der Waals surface area contributed by atoms with Crippen LogP contribution in [0, 0.1) is 15.9 Å². The topological polar surface area (TPSA) is 72.2 Å². The zero-order valence-corrected chi connectivity index (χ0v) is 11.1. The number of hydrogen-bond donors (Lipinski definition) is 1. The normalized spacial score (nSPS) is 10.1. The van der Waals surface area contributed by atoms with Gasteiger partial charge in [0.25, 0.3) is 11.6 Å². The Balaban J connectivity index is 2.76. The summed E-state index contributed by atoms with van der Waals surface area (Å²) in [6.45, 7) is 0.430. The van der Waals surface area contributed by atoms with Gasteiger partial charge in [-0.1, -0.05) is 15.9 Å². The molecule has 1 amide bonds. The Labute approximate surface area is 112 Å². The molecule has 0 unspecified atom stereocenters. The molecule has 0 heterocycles. The molecular weight excluding hydrogens is 307 g/mol. The van der Waals surface area contributed by atoms with Crippen molar-refractivity contribution in [3.8, 4) is 0 Å². The van der Waals surface area contributed by atoms with Gasteiger partial charge in [-0.15, -0.1) is 0 Å². The lowest BCUT2D eigenvalue weighted by Gasteiger charge is -2.05. The van der Waals surface area contributed by atoms with Gasteiger partial charge in [-0.05, 0) is 25.0 Å². The molecule has 0 fully saturated rings. The standard InChI is InChI=1S/C11H12BrFN2O3/c12-5-1-2-6-14-11(16)9-4-3-8(13)7-10(9)15(17)18/h3-4,7H,1-2,5-6H2,(H,14,16). The van der Waals surface area contributed by atoms with Crippen molar-refractivity contribution in [3.63, 3.8) is 0 Å². The number of hydrogen-bond acceptors (Lipinski definition) is 3. The SMILES string of the molecule is O=C(NCCCCBr)c1ccc(F)cc1[N+](=O)[O-]. The molecule has 0 aliphatic carbocycles. The Kier molecular flexibility index (Phi) is 5.70. The molecule has 1 aromatic carbocycles. The Hall–Kier alpha value is -1.50. The number of carbonyl (C=O) groups is 1. The summed E-state index contributed by atoms with van der Waals surface area (Å²) in [4.78, 5) is 21.6. The third-order valence-corrected chi connectivity index (χ3v) is 2.81. The number of alkyl halides is 1. The van der Waals surface area contributed by atoms with Crippen molar-refractivity contribution in [1.29, 1.82) is 0 Å². The van der Waals surface area contributed by atoms with E-state index in [1.165, 1.54) is 0 Å². The lowest BCUT2D eigenvalue weighted by molar-refractivity contribution is -0.385. The van der Waals surface area contributed by atoms with Gasteiger partial charge in [-0.25, -0.2) is 4.39 Å². The van der Waals surface area contributed by atoms with E-state index in [1.807, 2.05) is 0 Å². The van der Waals surface area contributed by atoms with Gasteiger partial charge in [0.1, 0.15) is 11.4 Å². The highest BCUT2D eigenvalue weighted by Crippen LogP contribution is 2.19. The van der Waals surface area contributed by atoms with Crippen LogP contribution < -0.4 is 5.32 Å². The maximum atomic E-state index is 12.9. The number of benzene rings is 1. The first-order valence-corrected chi connectivity index (χ1v) is 6.46. The minimum absolute atomic E-state index is 0.125. The fourth-order valence-corrected chi connectivity index (χ4v) is 1.76. The van der Waals surface area contributed by atoms with Crippen molar-refractivity contribution in [1.82, 2.24) is 5.32 Å². The quantitative estimate of drug-likeness (QED) is 0.379. The first kappa shape index (κ1) is 14.6. The molecule has 1 rings (SSSR count). The van der Waals surface area contributed by atoms with Crippen molar-refractivity contribution in [2.75, 3.05) is 11.9 Å². The van der Waals surface area contributed by atoms with Crippen molar-refractivity contribution in [3.05, 3.63) is 39.7 Å². The van der Waals surface area contributed by atoms with Crippen LogP contribution in [0.3, 0.4) is 0 Å². The second kappa shape index (κ2) is 7.05. The van der Waals surface area contributed by atoms with E-state index in [-0.39, 0.29) is 5.56 Å². The summed E-state index contributed by atoms with van der Waals surface area (Å²) in [6.07, 6.45) is 1.66. The van der Waals surface area contributed by atoms with Gasteiger partial charge in [0.15, 0.2) is 0 Å². The van der Waals surface area contributed by atoms with Crippen LogP contribution in [0.5, 0.6) is 0 Å². The molecule has 0 atom stereocenters. The van der Waals surface area contributed by atoms with Crippen LogP contribution in [0.4, 0.5) is 10.1 Å². The van der Waals surface area contributed by atoms with Crippen LogP contribution in [-0.2, 0) is 0 Å². The van der Waals surface area contributed by atoms with E-state index in [1.54, 1.807) is 0 Å². The molecule has 0 radical (unpaired) electrons. The minimum atomic E-state index is -0.767.